The number of aryl methyl sites for hydroxylation is 2. The third kappa shape index (κ3) is 3.34. The van der Waals surface area contributed by atoms with E-state index < -0.39 is 0 Å². The van der Waals surface area contributed by atoms with Crippen LogP contribution in [0.25, 0.3) is 0 Å². The maximum Gasteiger partial charge on any atom is 0.0396 e. The van der Waals surface area contributed by atoms with Crippen molar-refractivity contribution in [2.24, 2.45) is 5.92 Å². The Morgan fingerprint density at radius 2 is 1.67 bits per heavy atom. The van der Waals surface area contributed by atoms with Gasteiger partial charge in [-0.25, -0.2) is 0 Å². The van der Waals surface area contributed by atoms with Crippen molar-refractivity contribution < 1.29 is 0 Å². The summed E-state index contributed by atoms with van der Waals surface area (Å²) >= 11 is 0. The lowest BCUT2D eigenvalue weighted by Crippen LogP contribution is -2.47. The van der Waals surface area contributed by atoms with Crippen molar-refractivity contribution in [3.63, 3.8) is 0 Å². The molecule has 0 spiro atoms. The minimum atomic E-state index is 0.809. The van der Waals surface area contributed by atoms with E-state index in [2.05, 4.69) is 72.2 Å². The van der Waals surface area contributed by atoms with Crippen molar-refractivity contribution in [2.45, 2.75) is 26.2 Å². The minimum absolute atomic E-state index is 0.809. The highest BCUT2D eigenvalue weighted by Gasteiger charge is 2.39. The third-order valence-corrected chi connectivity index (χ3v) is 5.71. The van der Waals surface area contributed by atoms with Crippen LogP contribution in [0.1, 0.15) is 29.0 Å². The van der Waals surface area contributed by atoms with E-state index in [9.17, 15) is 0 Å². The minimum Gasteiger partial charge on any atom is -0.369 e. The van der Waals surface area contributed by atoms with Crippen molar-refractivity contribution in [1.82, 2.24) is 4.90 Å². The van der Waals surface area contributed by atoms with E-state index in [1.807, 2.05) is 0 Å². The summed E-state index contributed by atoms with van der Waals surface area (Å²) in [6.07, 6.45) is 1.38. The monoisotopic (exact) mass is 320 g/mol. The van der Waals surface area contributed by atoms with Crippen LogP contribution in [0.2, 0.25) is 0 Å². The predicted molar refractivity (Wildman–Crippen MR) is 102 cm³/mol. The molecule has 1 aliphatic carbocycles. The van der Waals surface area contributed by atoms with Crippen molar-refractivity contribution in [3.8, 4) is 0 Å². The molecular weight excluding hydrogens is 292 g/mol. The van der Waals surface area contributed by atoms with Gasteiger partial charge >= 0.3 is 0 Å². The first-order valence-corrected chi connectivity index (χ1v) is 9.30. The van der Waals surface area contributed by atoms with Gasteiger partial charge in [-0.05, 0) is 49.3 Å². The van der Waals surface area contributed by atoms with E-state index in [0.717, 1.165) is 24.9 Å². The van der Waals surface area contributed by atoms with E-state index in [0.29, 0.717) is 0 Å². The van der Waals surface area contributed by atoms with Gasteiger partial charge in [0.05, 0.1) is 0 Å². The largest absolute Gasteiger partial charge is 0.369 e. The van der Waals surface area contributed by atoms with Gasteiger partial charge in [0.1, 0.15) is 0 Å². The highest BCUT2D eigenvalue weighted by molar-refractivity contribution is 5.54. The van der Waals surface area contributed by atoms with Crippen LogP contribution in [-0.2, 0) is 0 Å². The topological polar surface area (TPSA) is 6.48 Å². The Labute approximate surface area is 146 Å². The lowest BCUT2D eigenvalue weighted by atomic mass is 10.1. The number of nitrogens with zero attached hydrogens (tertiary/aromatic N) is 2. The first kappa shape index (κ1) is 15.7. The summed E-state index contributed by atoms with van der Waals surface area (Å²) in [6, 6.07) is 17.9. The van der Waals surface area contributed by atoms with Crippen molar-refractivity contribution >= 4 is 5.69 Å². The normalized spacial score (nSPS) is 24.2. The maximum atomic E-state index is 2.67. The Morgan fingerprint density at radius 3 is 2.38 bits per heavy atom. The molecule has 2 nitrogen and oxygen atoms in total. The van der Waals surface area contributed by atoms with Crippen molar-refractivity contribution in [1.29, 1.82) is 0 Å². The van der Waals surface area contributed by atoms with Crippen molar-refractivity contribution in [3.05, 3.63) is 65.2 Å². The summed E-state index contributed by atoms with van der Waals surface area (Å²) in [7, 11) is 0. The molecule has 1 saturated carbocycles. The van der Waals surface area contributed by atoms with Crippen LogP contribution in [0.5, 0.6) is 0 Å². The molecule has 2 atom stereocenters. The molecule has 1 aliphatic heterocycles. The molecule has 0 unspecified atom stereocenters. The standard InChI is InChI=1S/C22H28N2/c1-17-8-9-22(18(2)14-17)24-12-10-23(11-13-24)16-20-15-21(20)19-6-4-3-5-7-19/h3-9,14,20-21H,10-13,15-16H2,1-2H3/t20-,21+/m0/s1. The van der Waals surface area contributed by atoms with Gasteiger partial charge in [-0.3, -0.25) is 4.90 Å². The Balaban J connectivity index is 1.29. The van der Waals surface area contributed by atoms with E-state index >= 15 is 0 Å². The molecule has 0 radical (unpaired) electrons. The predicted octanol–water partition coefficient (Wildman–Crippen LogP) is 4.23. The van der Waals surface area contributed by atoms with Gasteiger partial charge in [0, 0.05) is 38.4 Å². The molecule has 2 fully saturated rings. The molecular formula is C22H28N2. The van der Waals surface area contributed by atoms with Gasteiger partial charge in [-0.1, -0.05) is 48.0 Å². The molecule has 0 amide bonds. The Morgan fingerprint density at radius 1 is 0.917 bits per heavy atom. The number of piperazine rings is 1. The molecule has 0 N–H and O–H groups in total. The number of anilines is 1. The van der Waals surface area contributed by atoms with Crippen LogP contribution < -0.4 is 4.90 Å². The van der Waals surface area contributed by atoms with E-state index in [4.69, 9.17) is 0 Å². The van der Waals surface area contributed by atoms with Crippen LogP contribution in [0.3, 0.4) is 0 Å². The van der Waals surface area contributed by atoms with Gasteiger partial charge in [-0.2, -0.15) is 0 Å². The first-order valence-electron chi connectivity index (χ1n) is 9.30. The van der Waals surface area contributed by atoms with Gasteiger partial charge in [0.25, 0.3) is 0 Å². The highest BCUT2D eigenvalue weighted by atomic mass is 15.3. The SMILES string of the molecule is Cc1ccc(N2CCN(C[C@@H]3C[C@@H]3c3ccccc3)CC2)c(C)c1. The van der Waals surface area contributed by atoms with Crippen LogP contribution in [-0.4, -0.2) is 37.6 Å². The van der Waals surface area contributed by atoms with E-state index in [-0.39, 0.29) is 0 Å². The Hall–Kier alpha value is -1.80. The molecule has 2 heteroatoms. The number of rotatable bonds is 4. The van der Waals surface area contributed by atoms with E-state index in [1.165, 1.54) is 48.4 Å². The highest BCUT2D eigenvalue weighted by Crippen LogP contribution is 2.47. The number of benzene rings is 2. The van der Waals surface area contributed by atoms with Crippen LogP contribution in [0, 0.1) is 19.8 Å². The summed E-state index contributed by atoms with van der Waals surface area (Å²) in [4.78, 5) is 5.24. The maximum absolute atomic E-state index is 2.67. The molecule has 1 heterocycles. The third-order valence-electron chi connectivity index (χ3n) is 5.71. The summed E-state index contributed by atoms with van der Waals surface area (Å²) in [5.41, 5.74) is 5.73. The fourth-order valence-corrected chi connectivity index (χ4v) is 4.22. The number of hydrogen-bond donors (Lipinski definition) is 0. The second-order valence-corrected chi connectivity index (χ2v) is 7.59. The molecule has 4 rings (SSSR count). The average Bonchev–Trinajstić information content (AvgIpc) is 3.36. The van der Waals surface area contributed by atoms with Gasteiger partial charge in [0.15, 0.2) is 0 Å². The first-order chi connectivity index (χ1) is 11.7. The van der Waals surface area contributed by atoms with Crippen LogP contribution in [0.4, 0.5) is 5.69 Å². The lowest BCUT2D eigenvalue weighted by Gasteiger charge is -2.37. The van der Waals surface area contributed by atoms with Gasteiger partial charge in [0.2, 0.25) is 0 Å². The molecule has 2 aromatic rings. The second kappa shape index (κ2) is 6.60. The summed E-state index contributed by atoms with van der Waals surface area (Å²) in [5, 5.41) is 0. The molecule has 2 aromatic carbocycles. The zero-order valence-corrected chi connectivity index (χ0v) is 14.9. The van der Waals surface area contributed by atoms with Gasteiger partial charge < -0.3 is 4.90 Å². The number of hydrogen-bond acceptors (Lipinski definition) is 2. The zero-order valence-electron chi connectivity index (χ0n) is 14.9. The van der Waals surface area contributed by atoms with Crippen LogP contribution >= 0.6 is 0 Å². The smallest absolute Gasteiger partial charge is 0.0396 e. The Bertz CT molecular complexity index is 686. The summed E-state index contributed by atoms with van der Waals surface area (Å²) < 4.78 is 0. The summed E-state index contributed by atoms with van der Waals surface area (Å²) in [5.74, 6) is 1.68. The second-order valence-electron chi connectivity index (χ2n) is 7.59. The fraction of sp³-hybridized carbons (Fsp3) is 0.455. The zero-order chi connectivity index (χ0) is 16.5. The molecule has 24 heavy (non-hydrogen) atoms. The van der Waals surface area contributed by atoms with E-state index in [1.54, 1.807) is 0 Å². The molecule has 1 saturated heterocycles. The fourth-order valence-electron chi connectivity index (χ4n) is 4.22. The van der Waals surface area contributed by atoms with Gasteiger partial charge in [-0.15, -0.1) is 0 Å². The molecule has 0 bridgehead atoms. The Kier molecular flexibility index (Phi) is 4.32. The molecule has 126 valence electrons. The summed E-state index contributed by atoms with van der Waals surface area (Å²) in [6.45, 7) is 10.4. The van der Waals surface area contributed by atoms with Crippen LogP contribution in [0.15, 0.2) is 48.5 Å². The molecule has 2 aliphatic rings. The molecule has 0 aromatic heterocycles. The van der Waals surface area contributed by atoms with Crippen molar-refractivity contribution in [2.75, 3.05) is 37.6 Å². The quantitative estimate of drug-likeness (QED) is 0.832. The average molecular weight is 320 g/mol. The lowest BCUT2D eigenvalue weighted by molar-refractivity contribution is 0.246.